The summed E-state index contributed by atoms with van der Waals surface area (Å²) in [5.74, 6) is -2.70. The number of aliphatic carboxylic acids is 2. The third-order valence-electron chi connectivity index (χ3n) is 6.84. The lowest BCUT2D eigenvalue weighted by atomic mass is 9.95. The zero-order valence-corrected chi connectivity index (χ0v) is 23.5. The number of nitrogens with one attached hydrogen (secondary N) is 1. The first-order valence-electron chi connectivity index (χ1n) is 13.3. The number of aryl methyl sites for hydroxylation is 1. The molecule has 238 valence electrons. The molecule has 0 spiro atoms. The van der Waals surface area contributed by atoms with Gasteiger partial charge in [-0.3, -0.25) is 0 Å². The van der Waals surface area contributed by atoms with E-state index in [0.717, 1.165) is 54.3 Å². The number of rotatable bonds is 5. The van der Waals surface area contributed by atoms with Crippen molar-refractivity contribution in [1.29, 1.82) is 0 Å². The first-order chi connectivity index (χ1) is 20.0. The predicted octanol–water partition coefficient (Wildman–Crippen LogP) is 4.51. The quantitative estimate of drug-likeness (QED) is 0.348. The lowest BCUT2D eigenvalue weighted by Gasteiger charge is -2.36. The first kappa shape index (κ1) is 33.8. The SMILES string of the molecule is Cc1ccc2c(C(C)C)nn(-c3noc(C4CCN(CC5CNC5)CC4)n3)c2c1.O=C(O)C(F)(F)F.O=C(O)C(F)(F)F. The van der Waals surface area contributed by atoms with Gasteiger partial charge >= 0.3 is 24.3 Å². The molecule has 3 N–H and O–H groups in total. The zero-order chi connectivity index (χ0) is 32.1. The van der Waals surface area contributed by atoms with Crippen LogP contribution in [0.5, 0.6) is 0 Å². The maximum Gasteiger partial charge on any atom is 0.490 e. The van der Waals surface area contributed by atoms with E-state index in [1.165, 1.54) is 25.2 Å². The van der Waals surface area contributed by atoms with Gasteiger partial charge < -0.3 is 25.0 Å². The van der Waals surface area contributed by atoms with Gasteiger partial charge in [0.25, 0.3) is 5.95 Å². The van der Waals surface area contributed by atoms with Crippen molar-refractivity contribution in [3.63, 3.8) is 0 Å². The summed E-state index contributed by atoms with van der Waals surface area (Å²) < 4.78 is 71.0. The van der Waals surface area contributed by atoms with Gasteiger partial charge in [-0.25, -0.2) is 9.59 Å². The standard InChI is InChI=1S/C22H30N6O.2C2HF3O2/c1-14(2)20-18-5-4-15(3)10-19(18)28(25-20)22-24-21(29-26-22)17-6-8-27(9-7-17)13-16-11-23-12-16;2*3-2(4,5)1(6)7/h4-5,10,14,16-17,23H,6-9,11-13H2,1-3H3;2*(H,6,7). The average Bonchev–Trinajstić information content (AvgIpc) is 3.51. The summed E-state index contributed by atoms with van der Waals surface area (Å²) in [6, 6.07) is 6.44. The Hall–Kier alpha value is -3.73. The maximum absolute atomic E-state index is 10.6. The number of aromatic nitrogens is 4. The number of nitrogens with zero attached hydrogens (tertiary/aromatic N) is 5. The Morgan fingerprint density at radius 1 is 1.05 bits per heavy atom. The van der Waals surface area contributed by atoms with Crippen LogP contribution in [0.15, 0.2) is 22.7 Å². The molecule has 0 radical (unpaired) electrons. The highest BCUT2D eigenvalue weighted by atomic mass is 19.4. The second kappa shape index (κ2) is 13.7. The molecule has 5 rings (SSSR count). The molecule has 0 aliphatic carbocycles. The monoisotopic (exact) mass is 622 g/mol. The zero-order valence-electron chi connectivity index (χ0n) is 23.5. The normalized spacial score (nSPS) is 16.7. The topological polar surface area (TPSA) is 147 Å². The van der Waals surface area contributed by atoms with Crippen molar-refractivity contribution < 1.29 is 50.7 Å². The van der Waals surface area contributed by atoms with Crippen LogP contribution < -0.4 is 5.32 Å². The molecule has 3 aromatic rings. The summed E-state index contributed by atoms with van der Waals surface area (Å²) in [4.78, 5) is 25.1. The van der Waals surface area contributed by atoms with Crippen LogP contribution in [0.1, 0.15) is 55.7 Å². The molecular formula is C26H32F6N6O5. The van der Waals surface area contributed by atoms with Crippen LogP contribution in [-0.2, 0) is 9.59 Å². The number of carbonyl (C=O) groups is 2. The molecular weight excluding hydrogens is 590 g/mol. The number of fused-ring (bicyclic) bond motifs is 1. The Morgan fingerprint density at radius 2 is 1.60 bits per heavy atom. The van der Waals surface area contributed by atoms with E-state index in [0.29, 0.717) is 17.8 Å². The summed E-state index contributed by atoms with van der Waals surface area (Å²) >= 11 is 0. The fraction of sp³-hybridized carbons (Fsp3) is 0.577. The van der Waals surface area contributed by atoms with Gasteiger partial charge in [0, 0.05) is 30.9 Å². The van der Waals surface area contributed by atoms with Crippen molar-refractivity contribution in [2.75, 3.05) is 32.7 Å². The van der Waals surface area contributed by atoms with Crippen molar-refractivity contribution in [1.82, 2.24) is 30.1 Å². The van der Waals surface area contributed by atoms with E-state index in [4.69, 9.17) is 34.4 Å². The van der Waals surface area contributed by atoms with Crippen LogP contribution in [0.4, 0.5) is 26.3 Å². The highest BCUT2D eigenvalue weighted by Crippen LogP contribution is 2.30. The van der Waals surface area contributed by atoms with Gasteiger partial charge in [-0.15, -0.1) is 0 Å². The lowest BCUT2D eigenvalue weighted by molar-refractivity contribution is -0.193. The van der Waals surface area contributed by atoms with Gasteiger partial charge in [-0.2, -0.15) is 41.1 Å². The summed E-state index contributed by atoms with van der Waals surface area (Å²) in [5.41, 5.74) is 3.32. The lowest BCUT2D eigenvalue weighted by Crippen LogP contribution is -2.49. The number of alkyl halides is 6. The minimum Gasteiger partial charge on any atom is -0.475 e. The van der Waals surface area contributed by atoms with Crippen molar-refractivity contribution in [3.05, 3.63) is 35.3 Å². The van der Waals surface area contributed by atoms with Gasteiger partial charge in [0.1, 0.15) is 0 Å². The third kappa shape index (κ3) is 9.13. The number of carboxylic acid groups (broad SMARTS) is 2. The first-order valence-corrected chi connectivity index (χ1v) is 13.3. The molecule has 2 fully saturated rings. The number of halogens is 6. The minimum absolute atomic E-state index is 0.336. The Balaban J connectivity index is 0.000000303. The number of benzene rings is 1. The molecule has 0 amide bonds. The average molecular weight is 623 g/mol. The second-order valence-corrected chi connectivity index (χ2v) is 10.6. The number of carboxylic acids is 2. The predicted molar refractivity (Wildman–Crippen MR) is 140 cm³/mol. The summed E-state index contributed by atoms with van der Waals surface area (Å²) in [7, 11) is 0. The van der Waals surface area contributed by atoms with Crippen molar-refractivity contribution in [2.24, 2.45) is 5.92 Å². The molecule has 43 heavy (non-hydrogen) atoms. The van der Waals surface area contributed by atoms with Gasteiger partial charge in [0.2, 0.25) is 5.89 Å². The molecule has 2 aliphatic rings. The Kier molecular flexibility index (Phi) is 10.8. The van der Waals surface area contributed by atoms with Gasteiger partial charge in [-0.05, 0) is 61.5 Å². The van der Waals surface area contributed by atoms with E-state index >= 15 is 0 Å². The molecule has 2 aliphatic heterocycles. The summed E-state index contributed by atoms with van der Waals surface area (Å²) in [6.45, 7) is 12.2. The van der Waals surface area contributed by atoms with Gasteiger partial charge in [-0.1, -0.05) is 26.0 Å². The largest absolute Gasteiger partial charge is 0.490 e. The number of likely N-dealkylation sites (tertiary alicyclic amines) is 1. The molecule has 17 heteroatoms. The van der Waals surface area contributed by atoms with E-state index < -0.39 is 24.3 Å². The molecule has 0 atom stereocenters. The van der Waals surface area contributed by atoms with Crippen LogP contribution in [-0.4, -0.2) is 92.0 Å². The van der Waals surface area contributed by atoms with Crippen LogP contribution >= 0.6 is 0 Å². The second-order valence-electron chi connectivity index (χ2n) is 10.6. The molecule has 0 bridgehead atoms. The van der Waals surface area contributed by atoms with Crippen molar-refractivity contribution in [3.8, 4) is 5.95 Å². The van der Waals surface area contributed by atoms with E-state index in [9.17, 15) is 26.3 Å². The van der Waals surface area contributed by atoms with E-state index in [2.05, 4.69) is 54.3 Å². The molecule has 0 unspecified atom stereocenters. The Bertz CT molecular complexity index is 1370. The highest BCUT2D eigenvalue weighted by Gasteiger charge is 2.39. The van der Waals surface area contributed by atoms with Crippen molar-refractivity contribution >= 4 is 22.8 Å². The van der Waals surface area contributed by atoms with Gasteiger partial charge in [0.05, 0.1) is 11.2 Å². The number of hydrogen-bond donors (Lipinski definition) is 3. The summed E-state index contributed by atoms with van der Waals surface area (Å²) in [5, 5.41) is 27.9. The number of hydrogen-bond acceptors (Lipinski definition) is 8. The minimum atomic E-state index is -5.08. The van der Waals surface area contributed by atoms with Crippen LogP contribution in [0.3, 0.4) is 0 Å². The van der Waals surface area contributed by atoms with Crippen LogP contribution in [0, 0.1) is 12.8 Å². The van der Waals surface area contributed by atoms with Crippen LogP contribution in [0.2, 0.25) is 0 Å². The van der Waals surface area contributed by atoms with E-state index in [-0.39, 0.29) is 0 Å². The van der Waals surface area contributed by atoms with E-state index in [1.54, 1.807) is 0 Å². The molecule has 2 saturated heterocycles. The highest BCUT2D eigenvalue weighted by molar-refractivity contribution is 5.84. The molecule has 2 aromatic heterocycles. The van der Waals surface area contributed by atoms with Crippen molar-refractivity contribution in [2.45, 2.75) is 57.8 Å². The smallest absolute Gasteiger partial charge is 0.475 e. The molecule has 11 nitrogen and oxygen atoms in total. The molecule has 4 heterocycles. The fourth-order valence-electron chi connectivity index (χ4n) is 4.51. The fourth-order valence-corrected chi connectivity index (χ4v) is 4.51. The third-order valence-corrected chi connectivity index (χ3v) is 6.84. The summed E-state index contributed by atoms with van der Waals surface area (Å²) in [6.07, 6.45) is -8.00. The number of piperidine rings is 1. The van der Waals surface area contributed by atoms with Crippen LogP contribution in [0.25, 0.3) is 16.9 Å². The van der Waals surface area contributed by atoms with Gasteiger partial charge in [0.15, 0.2) is 0 Å². The molecule has 0 saturated carbocycles. The maximum atomic E-state index is 10.6. The Morgan fingerprint density at radius 3 is 2.07 bits per heavy atom. The Labute approximate surface area is 241 Å². The van der Waals surface area contributed by atoms with E-state index in [1.807, 2.05) is 4.68 Å². The molecule has 1 aromatic carbocycles.